The second-order valence-corrected chi connectivity index (χ2v) is 5.84. The highest BCUT2D eigenvalue weighted by Gasteiger charge is 2.08. The average molecular weight is 390 g/mol. The molecule has 8 heteroatoms. The van der Waals surface area contributed by atoms with Crippen LogP contribution in [0.3, 0.4) is 0 Å². The van der Waals surface area contributed by atoms with Crippen LogP contribution in [-0.2, 0) is 9.59 Å². The standard InChI is InChI=1S/C19H20ClN3O4/c1-26-16-8-7-13(11-17(16)27-2)12-21-23-19(25)10-9-18(24)22-15-6-4-3-5-14(15)20/h3-8,11-12H,9-10H2,1-2H3,(H,22,24)(H,23,25)/b21-12+. The Bertz CT molecular complexity index is 839. The molecular formula is C19H20ClN3O4. The van der Waals surface area contributed by atoms with Gasteiger partial charge in [-0.2, -0.15) is 5.10 Å². The number of carbonyl (C=O) groups excluding carboxylic acids is 2. The predicted octanol–water partition coefficient (Wildman–Crippen LogP) is 3.23. The largest absolute Gasteiger partial charge is 0.493 e. The van der Waals surface area contributed by atoms with E-state index in [0.29, 0.717) is 22.2 Å². The summed E-state index contributed by atoms with van der Waals surface area (Å²) in [4.78, 5) is 23.7. The molecule has 0 spiro atoms. The van der Waals surface area contributed by atoms with Crippen molar-refractivity contribution < 1.29 is 19.1 Å². The van der Waals surface area contributed by atoms with Crippen LogP contribution in [0, 0.1) is 0 Å². The van der Waals surface area contributed by atoms with Gasteiger partial charge in [0.05, 0.1) is 31.1 Å². The van der Waals surface area contributed by atoms with Gasteiger partial charge >= 0.3 is 0 Å². The summed E-state index contributed by atoms with van der Waals surface area (Å²) in [5.74, 6) is 0.482. The van der Waals surface area contributed by atoms with Crippen molar-refractivity contribution in [1.29, 1.82) is 0 Å². The first kappa shape index (κ1) is 20.3. The minimum atomic E-state index is -0.374. The summed E-state index contributed by atoms with van der Waals surface area (Å²) in [6, 6.07) is 12.1. The molecule has 0 saturated carbocycles. The highest BCUT2D eigenvalue weighted by atomic mass is 35.5. The van der Waals surface area contributed by atoms with Crippen LogP contribution < -0.4 is 20.2 Å². The number of benzene rings is 2. The minimum absolute atomic E-state index is 0.000437. The normalized spacial score (nSPS) is 10.5. The number of nitrogens with zero attached hydrogens (tertiary/aromatic N) is 1. The van der Waals surface area contributed by atoms with Crippen LogP contribution in [0.4, 0.5) is 5.69 Å². The van der Waals surface area contributed by atoms with Crippen molar-refractivity contribution in [2.45, 2.75) is 12.8 Å². The molecule has 0 aromatic heterocycles. The lowest BCUT2D eigenvalue weighted by Gasteiger charge is -2.07. The topological polar surface area (TPSA) is 89.0 Å². The van der Waals surface area contributed by atoms with Crippen molar-refractivity contribution >= 4 is 35.3 Å². The van der Waals surface area contributed by atoms with Crippen LogP contribution in [0.1, 0.15) is 18.4 Å². The summed E-state index contributed by atoms with van der Waals surface area (Å²) >= 11 is 5.97. The van der Waals surface area contributed by atoms with Crippen LogP contribution in [-0.4, -0.2) is 32.2 Å². The Morgan fingerprint density at radius 3 is 2.44 bits per heavy atom. The number of methoxy groups -OCH3 is 2. The molecule has 2 amide bonds. The van der Waals surface area contributed by atoms with E-state index in [-0.39, 0.29) is 24.7 Å². The van der Waals surface area contributed by atoms with Gasteiger partial charge in [0.25, 0.3) is 0 Å². The van der Waals surface area contributed by atoms with E-state index in [4.69, 9.17) is 21.1 Å². The first-order valence-electron chi connectivity index (χ1n) is 8.11. The van der Waals surface area contributed by atoms with E-state index in [2.05, 4.69) is 15.8 Å². The van der Waals surface area contributed by atoms with Crippen molar-refractivity contribution in [3.8, 4) is 11.5 Å². The highest BCUT2D eigenvalue weighted by molar-refractivity contribution is 6.33. The van der Waals surface area contributed by atoms with Gasteiger partial charge < -0.3 is 14.8 Å². The molecule has 0 atom stereocenters. The fourth-order valence-electron chi connectivity index (χ4n) is 2.17. The van der Waals surface area contributed by atoms with Crippen LogP contribution in [0.25, 0.3) is 0 Å². The van der Waals surface area contributed by atoms with Crippen molar-refractivity contribution in [3.63, 3.8) is 0 Å². The summed E-state index contributed by atoms with van der Waals surface area (Å²) in [5, 5.41) is 6.97. The molecule has 0 radical (unpaired) electrons. The molecule has 2 aromatic carbocycles. The Morgan fingerprint density at radius 1 is 1.04 bits per heavy atom. The number of anilines is 1. The maximum absolute atomic E-state index is 11.9. The fourth-order valence-corrected chi connectivity index (χ4v) is 2.35. The summed E-state index contributed by atoms with van der Waals surface area (Å²) < 4.78 is 10.4. The number of halogens is 1. The molecule has 142 valence electrons. The number of hydrogen-bond donors (Lipinski definition) is 2. The summed E-state index contributed by atoms with van der Waals surface area (Å²) in [7, 11) is 3.09. The molecular weight excluding hydrogens is 370 g/mol. The molecule has 0 heterocycles. The Balaban J connectivity index is 1.79. The molecule has 0 aliphatic carbocycles. The molecule has 2 aromatic rings. The molecule has 0 aliphatic heterocycles. The summed E-state index contributed by atoms with van der Waals surface area (Å²) in [6.07, 6.45) is 1.49. The zero-order valence-electron chi connectivity index (χ0n) is 15.0. The lowest BCUT2D eigenvalue weighted by atomic mass is 10.2. The van der Waals surface area contributed by atoms with E-state index in [0.717, 1.165) is 5.56 Å². The number of amides is 2. The molecule has 7 nitrogen and oxygen atoms in total. The van der Waals surface area contributed by atoms with Crippen molar-refractivity contribution in [1.82, 2.24) is 5.43 Å². The average Bonchev–Trinajstić information content (AvgIpc) is 2.68. The lowest BCUT2D eigenvalue weighted by molar-refractivity contribution is -0.124. The molecule has 0 bridgehead atoms. The lowest BCUT2D eigenvalue weighted by Crippen LogP contribution is -2.20. The van der Waals surface area contributed by atoms with Crippen LogP contribution in [0.5, 0.6) is 11.5 Å². The summed E-state index contributed by atoms with van der Waals surface area (Å²) in [6.45, 7) is 0. The van der Waals surface area contributed by atoms with Gasteiger partial charge in [-0.15, -0.1) is 0 Å². The molecule has 27 heavy (non-hydrogen) atoms. The Hall–Kier alpha value is -3.06. The van der Waals surface area contributed by atoms with Gasteiger partial charge in [-0.3, -0.25) is 9.59 Å². The van der Waals surface area contributed by atoms with Gasteiger partial charge in [-0.25, -0.2) is 5.43 Å². The van der Waals surface area contributed by atoms with Gasteiger partial charge in [0.1, 0.15) is 0 Å². The van der Waals surface area contributed by atoms with E-state index in [1.54, 1.807) is 49.6 Å². The van der Waals surface area contributed by atoms with Crippen molar-refractivity contribution in [3.05, 3.63) is 53.1 Å². The molecule has 0 fully saturated rings. The zero-order valence-corrected chi connectivity index (χ0v) is 15.7. The number of hydrogen-bond acceptors (Lipinski definition) is 5. The first-order valence-corrected chi connectivity index (χ1v) is 8.49. The monoisotopic (exact) mass is 389 g/mol. The van der Waals surface area contributed by atoms with Gasteiger partial charge in [0.15, 0.2) is 11.5 Å². The molecule has 2 rings (SSSR count). The fraction of sp³-hybridized carbons (Fsp3) is 0.211. The van der Waals surface area contributed by atoms with E-state index in [1.165, 1.54) is 13.3 Å². The molecule has 0 aliphatic rings. The van der Waals surface area contributed by atoms with Gasteiger partial charge in [-0.1, -0.05) is 23.7 Å². The maximum atomic E-state index is 11.9. The number of hydrazone groups is 1. The van der Waals surface area contributed by atoms with Gasteiger partial charge in [0.2, 0.25) is 11.8 Å². The highest BCUT2D eigenvalue weighted by Crippen LogP contribution is 2.26. The summed E-state index contributed by atoms with van der Waals surface area (Å²) in [5.41, 5.74) is 3.62. The SMILES string of the molecule is COc1ccc(/C=N/NC(=O)CCC(=O)Nc2ccccc2Cl)cc1OC. The molecule has 2 N–H and O–H groups in total. The first-order chi connectivity index (χ1) is 13.0. The van der Waals surface area contributed by atoms with E-state index < -0.39 is 0 Å². The Morgan fingerprint density at radius 2 is 1.74 bits per heavy atom. The smallest absolute Gasteiger partial charge is 0.240 e. The van der Waals surface area contributed by atoms with Crippen LogP contribution in [0.15, 0.2) is 47.6 Å². The quantitative estimate of drug-likeness (QED) is 0.536. The number of nitrogens with one attached hydrogen (secondary N) is 2. The van der Waals surface area contributed by atoms with Crippen molar-refractivity contribution in [2.24, 2.45) is 5.10 Å². The van der Waals surface area contributed by atoms with Gasteiger partial charge in [-0.05, 0) is 35.9 Å². The predicted molar refractivity (Wildman–Crippen MR) is 105 cm³/mol. The number of ether oxygens (including phenoxy) is 2. The number of para-hydroxylation sites is 1. The number of carbonyl (C=O) groups is 2. The van der Waals surface area contributed by atoms with E-state index in [1.807, 2.05) is 0 Å². The minimum Gasteiger partial charge on any atom is -0.493 e. The molecule has 0 unspecified atom stereocenters. The Labute approximate surface area is 162 Å². The second-order valence-electron chi connectivity index (χ2n) is 5.44. The third-order valence-corrected chi connectivity index (χ3v) is 3.87. The van der Waals surface area contributed by atoms with Gasteiger partial charge in [0, 0.05) is 12.8 Å². The second kappa shape index (κ2) is 10.2. The third kappa shape index (κ3) is 6.31. The Kier molecular flexibility index (Phi) is 7.63. The third-order valence-electron chi connectivity index (χ3n) is 3.54. The maximum Gasteiger partial charge on any atom is 0.240 e. The van der Waals surface area contributed by atoms with Crippen LogP contribution in [0.2, 0.25) is 5.02 Å². The van der Waals surface area contributed by atoms with Crippen molar-refractivity contribution in [2.75, 3.05) is 19.5 Å². The number of rotatable bonds is 8. The van der Waals surface area contributed by atoms with Crippen LogP contribution >= 0.6 is 11.6 Å². The van der Waals surface area contributed by atoms with E-state index in [9.17, 15) is 9.59 Å². The van der Waals surface area contributed by atoms with E-state index >= 15 is 0 Å². The zero-order chi connectivity index (χ0) is 19.6. The molecule has 0 saturated heterocycles.